The largest absolute Gasteiger partial charge is 0.397 e. The molecule has 0 bridgehead atoms. The molecule has 1 aliphatic carbocycles. The molecule has 5 N–H and O–H groups in total. The molecule has 1 amide bonds. The lowest BCUT2D eigenvalue weighted by molar-refractivity contribution is 0.0936. The first-order valence-electron chi connectivity index (χ1n) is 6.90. The van der Waals surface area contributed by atoms with E-state index in [0.717, 1.165) is 30.2 Å². The molecule has 0 unspecified atom stereocenters. The van der Waals surface area contributed by atoms with Crippen molar-refractivity contribution in [2.24, 2.45) is 5.41 Å². The third-order valence-corrected chi connectivity index (χ3v) is 4.16. The van der Waals surface area contributed by atoms with Crippen LogP contribution in [-0.2, 0) is 0 Å². The number of fused-ring (bicyclic) bond motifs is 1. The number of rotatable bonds is 5. The zero-order valence-corrected chi connectivity index (χ0v) is 11.3. The first kappa shape index (κ1) is 13.0. The normalized spacial score (nSPS) is 16.2. The molecule has 5 heteroatoms. The predicted octanol–water partition coefficient (Wildman–Crippen LogP) is 1.64. The van der Waals surface area contributed by atoms with Gasteiger partial charge < -0.3 is 21.1 Å². The standard InChI is InChI=1S/C15H19N3O2/c16-11-3-1-2-10-8-12(18-13(10)11)14(20)17-9-15(4-5-15)6-7-19/h1-3,8,18-19H,4-7,9,16H2,(H,17,20). The van der Waals surface area contributed by atoms with E-state index < -0.39 is 0 Å². The van der Waals surface area contributed by atoms with Crippen molar-refractivity contribution in [1.82, 2.24) is 10.3 Å². The van der Waals surface area contributed by atoms with Crippen LogP contribution in [0.5, 0.6) is 0 Å². The average molecular weight is 273 g/mol. The number of nitrogens with one attached hydrogen (secondary N) is 2. The molecule has 1 aromatic carbocycles. The van der Waals surface area contributed by atoms with Gasteiger partial charge in [0, 0.05) is 18.5 Å². The van der Waals surface area contributed by atoms with E-state index in [1.807, 2.05) is 18.2 Å². The monoisotopic (exact) mass is 273 g/mol. The van der Waals surface area contributed by atoms with E-state index in [9.17, 15) is 4.79 Å². The smallest absolute Gasteiger partial charge is 0.267 e. The van der Waals surface area contributed by atoms with E-state index in [4.69, 9.17) is 10.8 Å². The van der Waals surface area contributed by atoms with Crippen LogP contribution >= 0.6 is 0 Å². The Kier molecular flexibility index (Phi) is 3.14. The number of hydrogen-bond donors (Lipinski definition) is 4. The molecule has 1 aromatic heterocycles. The third kappa shape index (κ3) is 2.36. The number of nitrogen functional groups attached to an aromatic ring is 1. The molecule has 0 atom stereocenters. The van der Waals surface area contributed by atoms with Gasteiger partial charge in [-0.05, 0) is 36.8 Å². The molecule has 106 valence electrons. The van der Waals surface area contributed by atoms with Gasteiger partial charge in [-0.3, -0.25) is 4.79 Å². The summed E-state index contributed by atoms with van der Waals surface area (Å²) in [5.74, 6) is -0.121. The van der Waals surface area contributed by atoms with Crippen LogP contribution in [0.1, 0.15) is 29.8 Å². The van der Waals surface area contributed by atoms with Gasteiger partial charge >= 0.3 is 0 Å². The number of aliphatic hydroxyl groups is 1. The summed E-state index contributed by atoms with van der Waals surface area (Å²) in [6.07, 6.45) is 2.91. The number of anilines is 1. The molecule has 3 rings (SSSR count). The van der Waals surface area contributed by atoms with Gasteiger partial charge in [0.25, 0.3) is 5.91 Å². The second-order valence-electron chi connectivity index (χ2n) is 5.65. The summed E-state index contributed by atoms with van der Waals surface area (Å²) < 4.78 is 0. The summed E-state index contributed by atoms with van der Waals surface area (Å²) in [6.45, 7) is 0.802. The lowest BCUT2D eigenvalue weighted by Crippen LogP contribution is -2.30. The zero-order chi connectivity index (χ0) is 14.2. The first-order valence-corrected chi connectivity index (χ1v) is 6.90. The fraction of sp³-hybridized carbons (Fsp3) is 0.400. The van der Waals surface area contributed by atoms with Crippen LogP contribution in [0, 0.1) is 5.41 Å². The van der Waals surface area contributed by atoms with Crippen molar-refractivity contribution < 1.29 is 9.90 Å². The Morgan fingerprint density at radius 3 is 2.90 bits per heavy atom. The minimum atomic E-state index is -0.121. The number of H-pyrrole nitrogens is 1. The molecule has 0 spiro atoms. The average Bonchev–Trinajstić information content (AvgIpc) is 3.04. The van der Waals surface area contributed by atoms with Crippen LogP contribution < -0.4 is 11.1 Å². The van der Waals surface area contributed by atoms with E-state index in [2.05, 4.69) is 10.3 Å². The maximum Gasteiger partial charge on any atom is 0.267 e. The van der Waals surface area contributed by atoms with Crippen LogP contribution in [0.15, 0.2) is 24.3 Å². The van der Waals surface area contributed by atoms with Gasteiger partial charge in [0.1, 0.15) is 5.69 Å². The zero-order valence-electron chi connectivity index (χ0n) is 11.3. The maximum atomic E-state index is 12.2. The molecule has 2 aromatic rings. The molecule has 0 saturated heterocycles. The third-order valence-electron chi connectivity index (χ3n) is 4.16. The summed E-state index contributed by atoms with van der Waals surface area (Å²) in [5, 5.41) is 12.9. The lowest BCUT2D eigenvalue weighted by atomic mass is 10.0. The topological polar surface area (TPSA) is 91.1 Å². The van der Waals surface area contributed by atoms with Crippen molar-refractivity contribution in [3.8, 4) is 0 Å². The molecule has 1 heterocycles. The molecule has 5 nitrogen and oxygen atoms in total. The van der Waals surface area contributed by atoms with Gasteiger partial charge in [0.05, 0.1) is 11.2 Å². The Morgan fingerprint density at radius 1 is 1.45 bits per heavy atom. The van der Waals surface area contributed by atoms with Crippen molar-refractivity contribution in [3.63, 3.8) is 0 Å². The van der Waals surface area contributed by atoms with E-state index in [1.165, 1.54) is 0 Å². The number of aliphatic hydroxyl groups excluding tert-OH is 1. The number of aromatic amines is 1. The van der Waals surface area contributed by atoms with E-state index in [0.29, 0.717) is 17.9 Å². The van der Waals surface area contributed by atoms with Crippen LogP contribution in [0.25, 0.3) is 10.9 Å². The lowest BCUT2D eigenvalue weighted by Gasteiger charge is -2.13. The van der Waals surface area contributed by atoms with Gasteiger partial charge in [-0.25, -0.2) is 0 Å². The number of benzene rings is 1. The predicted molar refractivity (Wildman–Crippen MR) is 78.4 cm³/mol. The van der Waals surface area contributed by atoms with Crippen molar-refractivity contribution in [3.05, 3.63) is 30.0 Å². The number of nitrogens with two attached hydrogens (primary N) is 1. The van der Waals surface area contributed by atoms with Crippen LogP contribution in [-0.4, -0.2) is 29.1 Å². The molecule has 20 heavy (non-hydrogen) atoms. The first-order chi connectivity index (χ1) is 9.63. The molecule has 0 radical (unpaired) electrons. The summed E-state index contributed by atoms with van der Waals surface area (Å²) in [4.78, 5) is 15.2. The van der Waals surface area contributed by atoms with Gasteiger partial charge in [-0.2, -0.15) is 0 Å². The Bertz CT molecular complexity index is 644. The highest BCUT2D eigenvalue weighted by Gasteiger charge is 2.41. The van der Waals surface area contributed by atoms with Gasteiger partial charge in [-0.1, -0.05) is 12.1 Å². The van der Waals surface area contributed by atoms with Gasteiger partial charge in [0.2, 0.25) is 0 Å². The Balaban J connectivity index is 1.71. The second-order valence-corrected chi connectivity index (χ2v) is 5.65. The summed E-state index contributed by atoms with van der Waals surface area (Å²) in [7, 11) is 0. The van der Waals surface area contributed by atoms with Crippen molar-refractivity contribution >= 4 is 22.5 Å². The van der Waals surface area contributed by atoms with Crippen LogP contribution in [0.3, 0.4) is 0 Å². The molecule has 0 aliphatic heterocycles. The van der Waals surface area contributed by atoms with Crippen LogP contribution in [0.2, 0.25) is 0 Å². The summed E-state index contributed by atoms with van der Waals surface area (Å²) in [5.41, 5.74) is 7.96. The highest BCUT2D eigenvalue weighted by Crippen LogP contribution is 2.47. The Labute approximate surface area is 117 Å². The SMILES string of the molecule is Nc1cccc2cc(C(=O)NCC3(CCO)CC3)[nH]c12. The van der Waals surface area contributed by atoms with E-state index in [1.54, 1.807) is 6.07 Å². The number of amides is 1. The molecule has 1 fully saturated rings. The Morgan fingerprint density at radius 2 is 2.25 bits per heavy atom. The minimum absolute atomic E-state index is 0.120. The highest BCUT2D eigenvalue weighted by molar-refractivity contribution is 6.00. The number of carbonyl (C=O) groups is 1. The molecule has 1 aliphatic rings. The van der Waals surface area contributed by atoms with Gasteiger partial charge in [-0.15, -0.1) is 0 Å². The van der Waals surface area contributed by atoms with Crippen molar-refractivity contribution in [2.75, 3.05) is 18.9 Å². The molecule has 1 saturated carbocycles. The highest BCUT2D eigenvalue weighted by atomic mass is 16.3. The summed E-state index contributed by atoms with van der Waals surface area (Å²) in [6, 6.07) is 7.41. The van der Waals surface area contributed by atoms with E-state index in [-0.39, 0.29) is 17.9 Å². The van der Waals surface area contributed by atoms with Crippen molar-refractivity contribution in [2.45, 2.75) is 19.3 Å². The second kappa shape index (κ2) is 4.83. The number of aromatic nitrogens is 1. The molecular weight excluding hydrogens is 254 g/mol. The fourth-order valence-electron chi connectivity index (χ4n) is 2.59. The maximum absolute atomic E-state index is 12.2. The minimum Gasteiger partial charge on any atom is -0.397 e. The molecular formula is C15H19N3O2. The van der Waals surface area contributed by atoms with Gasteiger partial charge in [0.15, 0.2) is 0 Å². The fourth-order valence-corrected chi connectivity index (χ4v) is 2.59. The van der Waals surface area contributed by atoms with E-state index >= 15 is 0 Å². The number of hydrogen-bond acceptors (Lipinski definition) is 3. The number of para-hydroxylation sites is 1. The van der Waals surface area contributed by atoms with Crippen LogP contribution in [0.4, 0.5) is 5.69 Å². The van der Waals surface area contributed by atoms with Crippen molar-refractivity contribution in [1.29, 1.82) is 0 Å². The quantitative estimate of drug-likeness (QED) is 0.624. The Hall–Kier alpha value is -2.01. The summed E-state index contributed by atoms with van der Waals surface area (Å²) >= 11 is 0. The number of carbonyl (C=O) groups excluding carboxylic acids is 1.